The van der Waals surface area contributed by atoms with Gasteiger partial charge in [0.15, 0.2) is 0 Å². The molecule has 1 aliphatic rings. The number of amides is 2. The number of nitrogens with zero attached hydrogens (tertiary/aromatic N) is 2. The van der Waals surface area contributed by atoms with Crippen molar-refractivity contribution in [2.75, 3.05) is 50.7 Å². The molecule has 1 aliphatic heterocycles. The van der Waals surface area contributed by atoms with Crippen LogP contribution < -0.4 is 15.5 Å². The average molecular weight is 367 g/mol. The maximum atomic E-state index is 11.7. The van der Waals surface area contributed by atoms with Crippen molar-refractivity contribution in [2.45, 2.75) is 13.8 Å². The van der Waals surface area contributed by atoms with E-state index in [1.54, 1.807) is 0 Å². The summed E-state index contributed by atoms with van der Waals surface area (Å²) in [5.74, 6) is -0.782. The van der Waals surface area contributed by atoms with Gasteiger partial charge in [0.2, 0.25) is 0 Å². The summed E-state index contributed by atoms with van der Waals surface area (Å²) in [6.07, 6.45) is 0. The van der Waals surface area contributed by atoms with Gasteiger partial charge in [0.25, 0.3) is 0 Å². The number of rotatable bonds is 6. The Hall–Kier alpha value is -1.79. The van der Waals surface area contributed by atoms with E-state index in [4.69, 9.17) is 11.6 Å². The van der Waals surface area contributed by atoms with E-state index < -0.39 is 11.8 Å². The molecule has 0 spiro atoms. The van der Waals surface area contributed by atoms with Crippen molar-refractivity contribution in [2.24, 2.45) is 5.92 Å². The lowest BCUT2D eigenvalue weighted by Gasteiger charge is -2.36. The van der Waals surface area contributed by atoms with Crippen LogP contribution in [0.2, 0.25) is 5.02 Å². The Kier molecular flexibility index (Phi) is 7.52. The van der Waals surface area contributed by atoms with Gasteiger partial charge in [-0.3, -0.25) is 14.5 Å². The maximum Gasteiger partial charge on any atom is 0.309 e. The largest absolute Gasteiger partial charge is 0.369 e. The second kappa shape index (κ2) is 9.63. The molecule has 1 aromatic rings. The molecule has 0 aliphatic carbocycles. The van der Waals surface area contributed by atoms with Crippen LogP contribution in [0.3, 0.4) is 0 Å². The van der Waals surface area contributed by atoms with Crippen LogP contribution in [0.1, 0.15) is 13.8 Å². The Morgan fingerprint density at radius 2 is 1.64 bits per heavy atom. The quantitative estimate of drug-likeness (QED) is 0.746. The minimum atomic E-state index is -0.555. The van der Waals surface area contributed by atoms with Crippen molar-refractivity contribution in [3.8, 4) is 0 Å². The van der Waals surface area contributed by atoms with Gasteiger partial charge < -0.3 is 15.5 Å². The van der Waals surface area contributed by atoms with E-state index in [9.17, 15) is 9.59 Å². The van der Waals surface area contributed by atoms with E-state index in [1.807, 2.05) is 38.1 Å². The van der Waals surface area contributed by atoms with Crippen molar-refractivity contribution in [1.29, 1.82) is 0 Å². The smallest absolute Gasteiger partial charge is 0.309 e. The van der Waals surface area contributed by atoms with Gasteiger partial charge in [0, 0.05) is 56.5 Å². The first-order valence-corrected chi connectivity index (χ1v) is 9.12. The summed E-state index contributed by atoms with van der Waals surface area (Å²) in [5, 5.41) is 6.05. The topological polar surface area (TPSA) is 64.7 Å². The zero-order valence-electron chi connectivity index (χ0n) is 14.9. The molecule has 1 fully saturated rings. The molecular formula is C18H27ClN4O2. The van der Waals surface area contributed by atoms with Gasteiger partial charge in [-0.1, -0.05) is 25.4 Å². The van der Waals surface area contributed by atoms with Crippen molar-refractivity contribution in [3.63, 3.8) is 0 Å². The van der Waals surface area contributed by atoms with E-state index in [-0.39, 0.29) is 0 Å². The standard InChI is InChI=1S/C18H27ClN4O2/c1-14(2)13-21-18(25)17(24)20-7-8-22-9-11-23(12-10-22)16-5-3-15(19)4-6-16/h3-6,14H,7-13H2,1-2H3,(H,20,24)(H,21,25). The number of piperazine rings is 1. The SMILES string of the molecule is CC(C)CNC(=O)C(=O)NCCN1CCN(c2ccc(Cl)cc2)CC1. The number of benzene rings is 1. The number of nitrogens with one attached hydrogen (secondary N) is 2. The monoisotopic (exact) mass is 366 g/mol. The summed E-state index contributed by atoms with van der Waals surface area (Å²) < 4.78 is 0. The fourth-order valence-corrected chi connectivity index (χ4v) is 2.79. The van der Waals surface area contributed by atoms with E-state index in [1.165, 1.54) is 5.69 Å². The Bertz CT molecular complexity index is 569. The third-order valence-electron chi connectivity index (χ3n) is 4.15. The number of hydrogen-bond donors (Lipinski definition) is 2. The summed E-state index contributed by atoms with van der Waals surface area (Å²) in [6.45, 7) is 9.44. The molecule has 0 unspecified atom stereocenters. The molecule has 0 radical (unpaired) electrons. The number of carbonyl (C=O) groups excluding carboxylic acids is 2. The highest BCUT2D eigenvalue weighted by Crippen LogP contribution is 2.19. The molecule has 1 heterocycles. The lowest BCUT2D eigenvalue weighted by molar-refractivity contribution is -0.139. The average Bonchev–Trinajstić information content (AvgIpc) is 2.61. The molecule has 1 aromatic carbocycles. The van der Waals surface area contributed by atoms with Gasteiger partial charge in [-0.2, -0.15) is 0 Å². The number of anilines is 1. The van der Waals surface area contributed by atoms with Gasteiger partial charge in [-0.25, -0.2) is 0 Å². The zero-order chi connectivity index (χ0) is 18.2. The second-order valence-electron chi connectivity index (χ2n) is 6.66. The normalized spacial score (nSPS) is 15.3. The summed E-state index contributed by atoms with van der Waals surface area (Å²) in [7, 11) is 0. The van der Waals surface area contributed by atoms with Crippen LogP contribution in [0.15, 0.2) is 24.3 Å². The van der Waals surface area contributed by atoms with Crippen molar-refractivity contribution in [3.05, 3.63) is 29.3 Å². The van der Waals surface area contributed by atoms with Crippen LogP contribution in [0.25, 0.3) is 0 Å². The van der Waals surface area contributed by atoms with Gasteiger partial charge in [-0.15, -0.1) is 0 Å². The molecule has 138 valence electrons. The Labute approximate surface area is 154 Å². The van der Waals surface area contributed by atoms with E-state index in [2.05, 4.69) is 20.4 Å². The first-order chi connectivity index (χ1) is 12.0. The summed E-state index contributed by atoms with van der Waals surface area (Å²) in [4.78, 5) is 27.9. The summed E-state index contributed by atoms with van der Waals surface area (Å²) >= 11 is 5.92. The van der Waals surface area contributed by atoms with Crippen molar-refractivity contribution < 1.29 is 9.59 Å². The Morgan fingerprint density at radius 3 is 2.24 bits per heavy atom. The fraction of sp³-hybridized carbons (Fsp3) is 0.556. The highest BCUT2D eigenvalue weighted by molar-refractivity contribution is 6.35. The van der Waals surface area contributed by atoms with Crippen molar-refractivity contribution in [1.82, 2.24) is 15.5 Å². The van der Waals surface area contributed by atoms with E-state index in [0.717, 1.165) is 37.7 Å². The molecule has 1 saturated heterocycles. The van der Waals surface area contributed by atoms with Gasteiger partial charge in [0.05, 0.1) is 0 Å². The minimum absolute atomic E-state index is 0.327. The number of carbonyl (C=O) groups is 2. The lowest BCUT2D eigenvalue weighted by Crippen LogP contribution is -2.49. The molecule has 2 N–H and O–H groups in total. The molecule has 0 atom stereocenters. The van der Waals surface area contributed by atoms with Gasteiger partial charge in [-0.05, 0) is 30.2 Å². The van der Waals surface area contributed by atoms with Crippen LogP contribution >= 0.6 is 11.6 Å². The maximum absolute atomic E-state index is 11.7. The van der Waals surface area contributed by atoms with Crippen LogP contribution in [0, 0.1) is 5.92 Å². The first-order valence-electron chi connectivity index (χ1n) is 8.74. The first kappa shape index (κ1) is 19.5. The highest BCUT2D eigenvalue weighted by atomic mass is 35.5. The van der Waals surface area contributed by atoms with Crippen LogP contribution in [0.5, 0.6) is 0 Å². The minimum Gasteiger partial charge on any atom is -0.369 e. The molecule has 2 amide bonds. The van der Waals surface area contributed by atoms with Gasteiger partial charge in [0.1, 0.15) is 0 Å². The summed E-state index contributed by atoms with van der Waals surface area (Å²) in [6, 6.07) is 7.88. The molecule has 25 heavy (non-hydrogen) atoms. The fourth-order valence-electron chi connectivity index (χ4n) is 2.67. The third kappa shape index (κ3) is 6.55. The van der Waals surface area contributed by atoms with E-state index in [0.29, 0.717) is 19.0 Å². The van der Waals surface area contributed by atoms with Crippen LogP contribution in [0.4, 0.5) is 5.69 Å². The molecule has 7 heteroatoms. The van der Waals surface area contributed by atoms with E-state index >= 15 is 0 Å². The number of halogens is 1. The van der Waals surface area contributed by atoms with Crippen LogP contribution in [-0.2, 0) is 9.59 Å². The molecular weight excluding hydrogens is 340 g/mol. The lowest BCUT2D eigenvalue weighted by atomic mass is 10.2. The second-order valence-corrected chi connectivity index (χ2v) is 7.10. The summed E-state index contributed by atoms with van der Waals surface area (Å²) in [5.41, 5.74) is 1.18. The Balaban J connectivity index is 1.64. The molecule has 2 rings (SSSR count). The zero-order valence-corrected chi connectivity index (χ0v) is 15.7. The highest BCUT2D eigenvalue weighted by Gasteiger charge is 2.18. The molecule has 0 saturated carbocycles. The molecule has 0 bridgehead atoms. The van der Waals surface area contributed by atoms with Crippen LogP contribution in [-0.4, -0.2) is 62.5 Å². The Morgan fingerprint density at radius 1 is 1.04 bits per heavy atom. The predicted molar refractivity (Wildman–Crippen MR) is 101 cm³/mol. The molecule has 0 aromatic heterocycles. The molecule has 6 nitrogen and oxygen atoms in total. The third-order valence-corrected chi connectivity index (χ3v) is 4.41. The van der Waals surface area contributed by atoms with Crippen molar-refractivity contribution >= 4 is 29.1 Å². The number of hydrogen-bond acceptors (Lipinski definition) is 4. The van der Waals surface area contributed by atoms with Gasteiger partial charge >= 0.3 is 11.8 Å². The predicted octanol–water partition coefficient (Wildman–Crippen LogP) is 1.35.